The third-order valence-electron chi connectivity index (χ3n) is 4.80. The van der Waals surface area contributed by atoms with Gasteiger partial charge in [-0.25, -0.2) is 0 Å². The lowest BCUT2D eigenvalue weighted by molar-refractivity contribution is -0.125. The van der Waals surface area contributed by atoms with Crippen molar-refractivity contribution in [3.8, 4) is 0 Å². The summed E-state index contributed by atoms with van der Waals surface area (Å²) in [5.41, 5.74) is 2.12. The third-order valence-corrected chi connectivity index (χ3v) is 4.80. The van der Waals surface area contributed by atoms with Crippen LogP contribution >= 0.6 is 0 Å². The van der Waals surface area contributed by atoms with Gasteiger partial charge in [-0.15, -0.1) is 0 Å². The molecule has 1 aromatic rings. The fraction of sp³-hybridized carbons (Fsp3) is 0.556. The molecule has 2 amide bonds. The average Bonchev–Trinajstić information content (AvgIpc) is 2.66. The maximum Gasteiger partial charge on any atom is 0.227 e. The summed E-state index contributed by atoms with van der Waals surface area (Å²) in [4.78, 5) is 28.4. The highest BCUT2D eigenvalue weighted by Gasteiger charge is 2.29. The van der Waals surface area contributed by atoms with Crippen LogP contribution in [-0.2, 0) is 9.59 Å². The molecule has 0 saturated carbocycles. The van der Waals surface area contributed by atoms with Crippen molar-refractivity contribution < 1.29 is 9.59 Å². The molecule has 0 bridgehead atoms. The summed E-state index contributed by atoms with van der Waals surface area (Å²) in [5, 5.41) is 2.87. The summed E-state index contributed by atoms with van der Waals surface area (Å²) < 4.78 is 0. The predicted octanol–water partition coefficient (Wildman–Crippen LogP) is 2.02. The zero-order valence-electron chi connectivity index (χ0n) is 13.9. The van der Waals surface area contributed by atoms with Crippen LogP contribution in [0.2, 0.25) is 0 Å². The Labute approximate surface area is 137 Å². The van der Waals surface area contributed by atoms with Crippen LogP contribution in [0.1, 0.15) is 26.2 Å². The SMILES string of the molecule is CC1CN(C)c2ccccc2N(C(=O)CC2CCC(=O)NC2)C1. The van der Waals surface area contributed by atoms with Gasteiger partial charge in [-0.3, -0.25) is 9.59 Å². The molecule has 2 heterocycles. The Kier molecular flexibility index (Phi) is 4.55. The maximum absolute atomic E-state index is 12.9. The van der Waals surface area contributed by atoms with Crippen molar-refractivity contribution in [2.75, 3.05) is 36.5 Å². The molecule has 2 unspecified atom stereocenters. The number of nitrogens with one attached hydrogen (secondary N) is 1. The number of hydrogen-bond donors (Lipinski definition) is 1. The summed E-state index contributed by atoms with van der Waals surface area (Å²) in [6.07, 6.45) is 1.85. The largest absolute Gasteiger partial charge is 0.373 e. The van der Waals surface area contributed by atoms with Crippen molar-refractivity contribution in [2.24, 2.45) is 11.8 Å². The van der Waals surface area contributed by atoms with E-state index in [0.29, 0.717) is 25.3 Å². The first-order chi connectivity index (χ1) is 11.0. The Morgan fingerprint density at radius 3 is 2.70 bits per heavy atom. The lowest BCUT2D eigenvalue weighted by atomic mass is 9.95. The molecule has 3 rings (SSSR count). The van der Waals surface area contributed by atoms with Gasteiger partial charge in [0, 0.05) is 39.5 Å². The molecule has 1 fully saturated rings. The third kappa shape index (κ3) is 3.49. The van der Waals surface area contributed by atoms with Gasteiger partial charge in [0.25, 0.3) is 0 Å². The number of amides is 2. The van der Waals surface area contributed by atoms with Gasteiger partial charge in [0.15, 0.2) is 0 Å². The zero-order valence-corrected chi connectivity index (χ0v) is 13.9. The van der Waals surface area contributed by atoms with Crippen LogP contribution in [0.5, 0.6) is 0 Å². The molecule has 2 aliphatic heterocycles. The Balaban J connectivity index is 1.78. The first kappa shape index (κ1) is 15.8. The van der Waals surface area contributed by atoms with Gasteiger partial charge in [-0.05, 0) is 30.4 Å². The first-order valence-corrected chi connectivity index (χ1v) is 8.42. The zero-order chi connectivity index (χ0) is 16.4. The number of benzene rings is 1. The van der Waals surface area contributed by atoms with E-state index in [4.69, 9.17) is 0 Å². The van der Waals surface area contributed by atoms with Crippen LogP contribution in [-0.4, -0.2) is 38.5 Å². The van der Waals surface area contributed by atoms with Crippen LogP contribution in [0, 0.1) is 11.8 Å². The number of fused-ring (bicyclic) bond motifs is 1. The molecule has 124 valence electrons. The van der Waals surface area contributed by atoms with Crippen molar-refractivity contribution in [1.29, 1.82) is 0 Å². The lowest BCUT2D eigenvalue weighted by Gasteiger charge is -2.28. The summed E-state index contributed by atoms with van der Waals surface area (Å²) in [6, 6.07) is 8.12. The van der Waals surface area contributed by atoms with Crippen molar-refractivity contribution in [3.63, 3.8) is 0 Å². The highest BCUT2D eigenvalue weighted by molar-refractivity contribution is 5.97. The van der Waals surface area contributed by atoms with E-state index in [1.165, 1.54) is 0 Å². The van der Waals surface area contributed by atoms with Crippen LogP contribution < -0.4 is 15.1 Å². The molecule has 5 nitrogen and oxygen atoms in total. The van der Waals surface area contributed by atoms with E-state index in [9.17, 15) is 9.59 Å². The quantitative estimate of drug-likeness (QED) is 0.908. The molecular weight excluding hydrogens is 290 g/mol. The number of piperidine rings is 1. The molecule has 2 atom stereocenters. The van der Waals surface area contributed by atoms with Gasteiger partial charge in [-0.1, -0.05) is 19.1 Å². The molecule has 1 saturated heterocycles. The number of nitrogens with zero attached hydrogens (tertiary/aromatic N) is 2. The molecule has 23 heavy (non-hydrogen) atoms. The maximum atomic E-state index is 12.9. The summed E-state index contributed by atoms with van der Waals surface area (Å²) >= 11 is 0. The van der Waals surface area contributed by atoms with E-state index in [1.807, 2.05) is 23.1 Å². The molecule has 0 radical (unpaired) electrons. The molecular formula is C18H25N3O2. The first-order valence-electron chi connectivity index (χ1n) is 8.42. The standard InChI is InChI=1S/C18H25N3O2/c1-13-11-20(2)15-5-3-4-6-16(15)21(12-13)18(23)9-14-7-8-17(22)19-10-14/h3-6,13-14H,7-12H2,1-2H3,(H,19,22). The minimum Gasteiger partial charge on any atom is -0.373 e. The number of para-hydroxylation sites is 2. The Morgan fingerprint density at radius 1 is 1.26 bits per heavy atom. The van der Waals surface area contributed by atoms with Gasteiger partial charge in [0.1, 0.15) is 0 Å². The van der Waals surface area contributed by atoms with Gasteiger partial charge < -0.3 is 15.1 Å². The predicted molar refractivity (Wildman–Crippen MR) is 91.6 cm³/mol. The number of carbonyl (C=O) groups excluding carboxylic acids is 2. The van der Waals surface area contributed by atoms with Gasteiger partial charge in [0.2, 0.25) is 11.8 Å². The van der Waals surface area contributed by atoms with Gasteiger partial charge in [-0.2, -0.15) is 0 Å². The molecule has 0 aromatic heterocycles. The lowest BCUT2D eigenvalue weighted by Crippen LogP contribution is -2.40. The number of rotatable bonds is 2. The molecule has 1 N–H and O–H groups in total. The number of hydrogen-bond acceptors (Lipinski definition) is 3. The van der Waals surface area contributed by atoms with Crippen molar-refractivity contribution in [3.05, 3.63) is 24.3 Å². The average molecular weight is 315 g/mol. The van der Waals surface area contributed by atoms with Crippen molar-refractivity contribution >= 4 is 23.2 Å². The molecule has 0 spiro atoms. The van der Waals surface area contributed by atoms with E-state index >= 15 is 0 Å². The Bertz CT molecular complexity index is 592. The summed E-state index contributed by atoms with van der Waals surface area (Å²) in [6.45, 7) is 4.50. The topological polar surface area (TPSA) is 52.7 Å². The smallest absolute Gasteiger partial charge is 0.227 e. The molecule has 5 heteroatoms. The second-order valence-corrected chi connectivity index (χ2v) is 6.89. The summed E-state index contributed by atoms with van der Waals surface area (Å²) in [7, 11) is 2.08. The van der Waals surface area contributed by atoms with Gasteiger partial charge >= 0.3 is 0 Å². The van der Waals surface area contributed by atoms with E-state index in [1.54, 1.807) is 0 Å². The van der Waals surface area contributed by atoms with E-state index in [-0.39, 0.29) is 17.7 Å². The molecule has 2 aliphatic rings. The molecule has 0 aliphatic carbocycles. The second-order valence-electron chi connectivity index (χ2n) is 6.89. The second kappa shape index (κ2) is 6.60. The fourth-order valence-electron chi connectivity index (χ4n) is 3.60. The van der Waals surface area contributed by atoms with E-state index in [2.05, 4.69) is 30.3 Å². The number of carbonyl (C=O) groups is 2. The normalized spacial score (nSPS) is 24.7. The monoisotopic (exact) mass is 315 g/mol. The van der Waals surface area contributed by atoms with Crippen LogP contribution in [0.3, 0.4) is 0 Å². The fourth-order valence-corrected chi connectivity index (χ4v) is 3.60. The molecule has 1 aromatic carbocycles. The van der Waals surface area contributed by atoms with Crippen LogP contribution in [0.25, 0.3) is 0 Å². The number of anilines is 2. The Hall–Kier alpha value is -2.04. The van der Waals surface area contributed by atoms with E-state index in [0.717, 1.165) is 30.9 Å². The minimum atomic E-state index is 0.101. The minimum absolute atomic E-state index is 0.101. The highest BCUT2D eigenvalue weighted by Crippen LogP contribution is 2.33. The van der Waals surface area contributed by atoms with Crippen LogP contribution in [0.4, 0.5) is 11.4 Å². The van der Waals surface area contributed by atoms with Gasteiger partial charge in [0.05, 0.1) is 11.4 Å². The summed E-state index contributed by atoms with van der Waals surface area (Å²) in [5.74, 6) is 0.941. The van der Waals surface area contributed by atoms with E-state index < -0.39 is 0 Å². The highest BCUT2D eigenvalue weighted by atomic mass is 16.2. The van der Waals surface area contributed by atoms with Crippen molar-refractivity contribution in [2.45, 2.75) is 26.2 Å². The van der Waals surface area contributed by atoms with Crippen LogP contribution in [0.15, 0.2) is 24.3 Å². The van der Waals surface area contributed by atoms with Crippen molar-refractivity contribution in [1.82, 2.24) is 5.32 Å². The Morgan fingerprint density at radius 2 is 2.00 bits per heavy atom.